The fourth-order valence-corrected chi connectivity index (χ4v) is 3.00. The van der Waals surface area contributed by atoms with E-state index in [4.69, 9.17) is 22.5 Å². The Hall–Kier alpha value is 1.36. The highest BCUT2D eigenvalue weighted by Gasteiger charge is 1.96. The molecule has 0 heterocycles. The molecule has 0 radical (unpaired) electrons. The zero-order valence-electron chi connectivity index (χ0n) is 5.44. The molecule has 0 N–H and O–H groups in total. The maximum Gasteiger partial charge on any atom is 0.145 e. The third kappa shape index (κ3) is 9.36. The van der Waals surface area contributed by atoms with Gasteiger partial charge in [0.1, 0.15) is 5.83 Å². The number of unbranched alkanes of at least 4 members (excludes halogenated alkanes) is 2. The van der Waals surface area contributed by atoms with Crippen molar-refractivity contribution in [2.45, 2.75) is 26.2 Å². The Labute approximate surface area is 71.8 Å². The van der Waals surface area contributed by atoms with Crippen molar-refractivity contribution in [1.82, 2.24) is 0 Å². The molecule has 0 unspecified atom stereocenters. The van der Waals surface area contributed by atoms with Crippen LogP contribution in [-0.2, 0) is 0 Å². The normalized spacial score (nSPS) is 10.7. The molecule has 0 atom stereocenters. The van der Waals surface area contributed by atoms with E-state index in [0.717, 1.165) is 5.75 Å². The molecule has 0 aromatic carbocycles. The first-order valence-corrected chi connectivity index (χ1v) is 7.76. The van der Waals surface area contributed by atoms with Crippen LogP contribution in [0.3, 0.4) is 0 Å². The molecule has 9 heavy (non-hydrogen) atoms. The number of rotatable bonds is 5. The molecule has 0 saturated heterocycles. The molecule has 0 aliphatic rings. The quantitative estimate of drug-likeness (QED) is 0.466. The Morgan fingerprint density at radius 2 is 2.00 bits per heavy atom. The highest BCUT2D eigenvalue weighted by molar-refractivity contribution is 8.70. The first-order valence-electron chi connectivity index (χ1n) is 3.02. The Kier molecular flexibility index (Phi) is 8.60. The molecule has 56 valence electrons. The summed E-state index contributed by atoms with van der Waals surface area (Å²) in [5, 5.41) is 0. The van der Waals surface area contributed by atoms with Gasteiger partial charge >= 0.3 is 0 Å². The number of hydrogen-bond donors (Lipinski definition) is 0. The Morgan fingerprint density at radius 1 is 1.33 bits per heavy atom. The van der Waals surface area contributed by atoms with Gasteiger partial charge in [0.05, 0.1) is 0 Å². The zero-order chi connectivity index (χ0) is 7.11. The number of halogens is 2. The Bertz CT molecular complexity index is 60.9. The molecule has 0 bridgehead atoms. The van der Waals surface area contributed by atoms with Crippen LogP contribution in [0.2, 0.25) is 0 Å². The van der Waals surface area contributed by atoms with E-state index < -0.39 is 5.83 Å². The van der Waals surface area contributed by atoms with Crippen LogP contribution < -0.4 is 0 Å². The van der Waals surface area contributed by atoms with Gasteiger partial charge in [-0.15, -0.1) is 11.4 Å². The summed E-state index contributed by atoms with van der Waals surface area (Å²) in [7, 11) is 0. The lowest BCUT2D eigenvalue weighted by atomic mass is 10.3. The van der Waals surface area contributed by atoms with Crippen molar-refractivity contribution >= 4 is 39.7 Å². The summed E-state index contributed by atoms with van der Waals surface area (Å²) in [6.45, 7) is 2.19. The van der Waals surface area contributed by atoms with Crippen LogP contribution in [-0.4, -0.2) is 5.75 Å². The van der Waals surface area contributed by atoms with Gasteiger partial charge in [-0.2, -0.15) is 0 Å². The van der Waals surface area contributed by atoms with Gasteiger partial charge < -0.3 is 0 Å². The monoisotopic (exact) mass is 204 g/mol. The predicted octanol–water partition coefficient (Wildman–Crippen LogP) is 4.61. The fourth-order valence-electron chi connectivity index (χ4n) is 0.486. The van der Waals surface area contributed by atoms with Crippen LogP contribution in [0.5, 0.6) is 0 Å². The van der Waals surface area contributed by atoms with Crippen molar-refractivity contribution in [2.24, 2.45) is 0 Å². The second-order valence-electron chi connectivity index (χ2n) is 1.74. The topological polar surface area (TPSA) is 0 Å². The zero-order valence-corrected chi connectivity index (χ0v) is 8.66. The van der Waals surface area contributed by atoms with Crippen molar-refractivity contribution in [3.63, 3.8) is 0 Å². The standard InChI is InChI=1S/C5H11Cl2PS/c1-2-3-4-5-9-8(6)7/h2-5H2,1H3. The second-order valence-corrected chi connectivity index (χ2v) is 8.43. The van der Waals surface area contributed by atoms with Crippen LogP contribution in [0.25, 0.3) is 0 Å². The molecule has 0 fully saturated rings. The van der Waals surface area contributed by atoms with Crippen LogP contribution >= 0.6 is 39.7 Å². The molecule has 0 aliphatic heterocycles. The highest BCUT2D eigenvalue weighted by Crippen LogP contribution is 2.59. The summed E-state index contributed by atoms with van der Waals surface area (Å²) in [6.07, 6.45) is 3.81. The molecular weight excluding hydrogens is 194 g/mol. The molecule has 0 spiro atoms. The summed E-state index contributed by atoms with van der Waals surface area (Å²) < 4.78 is 0. The summed E-state index contributed by atoms with van der Waals surface area (Å²) in [6, 6.07) is 0. The lowest BCUT2D eigenvalue weighted by Gasteiger charge is -1.97. The third-order valence-corrected chi connectivity index (χ3v) is 4.49. The SMILES string of the molecule is CCCCCSP(Cl)Cl. The third-order valence-electron chi connectivity index (χ3n) is 0.937. The van der Waals surface area contributed by atoms with Gasteiger partial charge in [-0.1, -0.05) is 42.2 Å². The van der Waals surface area contributed by atoms with Crippen molar-refractivity contribution in [1.29, 1.82) is 0 Å². The van der Waals surface area contributed by atoms with E-state index in [-0.39, 0.29) is 0 Å². The smallest absolute Gasteiger partial charge is 0.102 e. The van der Waals surface area contributed by atoms with E-state index in [1.54, 1.807) is 11.4 Å². The van der Waals surface area contributed by atoms with Crippen molar-refractivity contribution in [3.8, 4) is 0 Å². The second kappa shape index (κ2) is 7.47. The van der Waals surface area contributed by atoms with E-state index in [1.165, 1.54) is 19.3 Å². The molecule has 0 aliphatic carbocycles. The van der Waals surface area contributed by atoms with Gasteiger partial charge in [0.15, 0.2) is 0 Å². The van der Waals surface area contributed by atoms with Gasteiger partial charge in [0.2, 0.25) is 0 Å². The minimum absolute atomic E-state index is 0.756. The largest absolute Gasteiger partial charge is 0.145 e. The van der Waals surface area contributed by atoms with Crippen LogP contribution in [0, 0.1) is 0 Å². The van der Waals surface area contributed by atoms with Gasteiger partial charge in [-0.05, 0) is 12.2 Å². The van der Waals surface area contributed by atoms with Crippen molar-refractivity contribution < 1.29 is 0 Å². The van der Waals surface area contributed by atoms with Crippen LogP contribution in [0.15, 0.2) is 0 Å². The van der Waals surface area contributed by atoms with Crippen LogP contribution in [0.4, 0.5) is 0 Å². The van der Waals surface area contributed by atoms with Crippen LogP contribution in [0.1, 0.15) is 26.2 Å². The van der Waals surface area contributed by atoms with Gasteiger partial charge in [0, 0.05) is 0 Å². The maximum absolute atomic E-state index is 5.55. The number of hydrogen-bond acceptors (Lipinski definition) is 1. The van der Waals surface area contributed by atoms with E-state index in [0.29, 0.717) is 0 Å². The summed E-state index contributed by atoms with van der Waals surface area (Å²) in [5.41, 5.74) is 0. The molecule has 0 rings (SSSR count). The summed E-state index contributed by atoms with van der Waals surface area (Å²) >= 11 is 12.8. The van der Waals surface area contributed by atoms with Crippen molar-refractivity contribution in [2.75, 3.05) is 5.75 Å². The van der Waals surface area contributed by atoms with E-state index >= 15 is 0 Å². The molecule has 0 nitrogen and oxygen atoms in total. The molecule has 0 amide bonds. The lowest BCUT2D eigenvalue weighted by Crippen LogP contribution is -1.74. The molecule has 4 heteroatoms. The average molecular weight is 205 g/mol. The molecule has 0 aromatic rings. The first-order chi connectivity index (χ1) is 4.27. The summed E-state index contributed by atoms with van der Waals surface area (Å²) in [5.74, 6) is 0.362. The van der Waals surface area contributed by atoms with Crippen molar-refractivity contribution in [3.05, 3.63) is 0 Å². The Balaban J connectivity index is 2.75. The highest BCUT2D eigenvalue weighted by atomic mass is 35.9. The minimum atomic E-state index is -0.756. The molecular formula is C5H11Cl2PS. The van der Waals surface area contributed by atoms with Gasteiger partial charge in [-0.25, -0.2) is 0 Å². The van der Waals surface area contributed by atoms with Gasteiger partial charge in [0.25, 0.3) is 0 Å². The maximum atomic E-state index is 5.55. The van der Waals surface area contributed by atoms with Gasteiger partial charge in [-0.3, -0.25) is 0 Å². The fraction of sp³-hybridized carbons (Fsp3) is 1.00. The Morgan fingerprint density at radius 3 is 2.44 bits per heavy atom. The predicted molar refractivity (Wildman–Crippen MR) is 50.6 cm³/mol. The van der Waals surface area contributed by atoms with E-state index in [2.05, 4.69) is 6.92 Å². The van der Waals surface area contributed by atoms with E-state index in [9.17, 15) is 0 Å². The molecule has 0 saturated carbocycles. The van der Waals surface area contributed by atoms with E-state index in [1.807, 2.05) is 0 Å². The average Bonchev–Trinajstić information content (AvgIpc) is 1.80. The lowest BCUT2D eigenvalue weighted by molar-refractivity contribution is 0.779. The molecule has 0 aromatic heterocycles. The minimum Gasteiger partial charge on any atom is -0.102 e. The summed E-state index contributed by atoms with van der Waals surface area (Å²) in [4.78, 5) is 0. The first kappa shape index (κ1) is 10.4.